The Morgan fingerprint density at radius 2 is 1.55 bits per heavy atom. The highest BCUT2D eigenvalue weighted by molar-refractivity contribution is 7.16. The van der Waals surface area contributed by atoms with E-state index in [1.54, 1.807) is 11.3 Å². The van der Waals surface area contributed by atoms with Gasteiger partial charge in [-0.15, -0.1) is 11.3 Å². The number of carbonyl (C=O) groups excluding carboxylic acids is 1. The summed E-state index contributed by atoms with van der Waals surface area (Å²) in [6.07, 6.45) is 11.8. The Bertz CT molecular complexity index is 892. The molecule has 2 aromatic rings. The first-order valence-corrected chi connectivity index (χ1v) is 13.1. The summed E-state index contributed by atoms with van der Waals surface area (Å²) in [6.45, 7) is 0. The fourth-order valence-corrected chi connectivity index (χ4v) is 7.07. The molecule has 3 N–H and O–H groups in total. The zero-order valence-electron chi connectivity index (χ0n) is 18.0. The number of hydrogen-bond donors (Lipinski definition) is 3. The highest BCUT2D eigenvalue weighted by atomic mass is 35.5. The average Bonchev–Trinajstić information content (AvgIpc) is 3.40. The topological polar surface area (TPSA) is 53.2 Å². The Labute approximate surface area is 194 Å². The largest absolute Gasteiger partial charge is 0.356 e. The number of amides is 1. The number of hydrogen-bond acceptors (Lipinski definition) is 4. The summed E-state index contributed by atoms with van der Waals surface area (Å²) >= 11 is 7.97. The molecule has 5 rings (SSSR count). The van der Waals surface area contributed by atoms with Crippen molar-refractivity contribution >= 4 is 40.2 Å². The van der Waals surface area contributed by atoms with Gasteiger partial charge in [0.05, 0.1) is 26.5 Å². The highest BCUT2D eigenvalue weighted by Crippen LogP contribution is 2.50. The molecule has 166 valence electrons. The van der Waals surface area contributed by atoms with Crippen molar-refractivity contribution in [2.75, 3.05) is 10.6 Å². The van der Waals surface area contributed by atoms with Gasteiger partial charge in [0.15, 0.2) is 5.66 Å². The van der Waals surface area contributed by atoms with Gasteiger partial charge in [-0.2, -0.15) is 0 Å². The minimum atomic E-state index is -0.664. The van der Waals surface area contributed by atoms with Crippen LogP contribution in [0.3, 0.4) is 0 Å². The predicted octanol–water partition coefficient (Wildman–Crippen LogP) is 6.74. The van der Waals surface area contributed by atoms with Gasteiger partial charge in [-0.3, -0.25) is 4.79 Å². The molecular formula is C25H32ClN3OS. The van der Waals surface area contributed by atoms with Crippen LogP contribution in [0.5, 0.6) is 0 Å². The molecule has 0 bridgehead atoms. The monoisotopic (exact) mass is 457 g/mol. The first-order valence-electron chi connectivity index (χ1n) is 11.9. The summed E-state index contributed by atoms with van der Waals surface area (Å²) in [5.41, 5.74) is 1.44. The fourth-order valence-electron chi connectivity index (χ4n) is 5.89. The highest BCUT2D eigenvalue weighted by Gasteiger charge is 2.52. The van der Waals surface area contributed by atoms with E-state index < -0.39 is 5.66 Å². The quantitative estimate of drug-likeness (QED) is 0.466. The van der Waals surface area contributed by atoms with Crippen LogP contribution in [0.25, 0.3) is 0 Å². The average molecular weight is 458 g/mol. The van der Waals surface area contributed by atoms with Crippen molar-refractivity contribution < 1.29 is 4.79 Å². The number of benzene rings is 1. The molecule has 2 fully saturated rings. The molecule has 1 aliphatic heterocycles. The van der Waals surface area contributed by atoms with Crippen LogP contribution in [0.2, 0.25) is 4.34 Å². The third kappa shape index (κ3) is 4.19. The summed E-state index contributed by atoms with van der Waals surface area (Å²) in [5, 5.41) is 11.0. The second kappa shape index (κ2) is 9.03. The molecule has 0 spiro atoms. The van der Waals surface area contributed by atoms with Crippen LogP contribution in [0.15, 0.2) is 36.4 Å². The SMILES string of the molecule is O=C(NC1CCCCC1)C(C1CCCCC1)C1(c2ccc(Cl)s2)Nc2ccccc2N1. The number of carbonyl (C=O) groups is 1. The molecule has 1 amide bonds. The molecule has 3 aliphatic rings. The number of rotatable bonds is 5. The van der Waals surface area contributed by atoms with Crippen molar-refractivity contribution in [2.45, 2.75) is 75.9 Å². The van der Waals surface area contributed by atoms with E-state index in [1.807, 2.05) is 18.2 Å². The van der Waals surface area contributed by atoms with Gasteiger partial charge in [0.2, 0.25) is 5.91 Å². The minimum Gasteiger partial charge on any atom is -0.356 e. The van der Waals surface area contributed by atoms with Gasteiger partial charge < -0.3 is 16.0 Å². The molecule has 2 heterocycles. The third-order valence-corrected chi connectivity index (χ3v) is 8.74. The van der Waals surface area contributed by atoms with E-state index in [1.165, 1.54) is 38.5 Å². The number of halogens is 1. The lowest BCUT2D eigenvalue weighted by Crippen LogP contribution is -2.56. The summed E-state index contributed by atoms with van der Waals surface area (Å²) in [5.74, 6) is 0.334. The number of para-hydroxylation sites is 2. The minimum absolute atomic E-state index is 0.191. The maximum Gasteiger partial charge on any atom is 0.228 e. The van der Waals surface area contributed by atoms with Gasteiger partial charge in [0.25, 0.3) is 0 Å². The molecule has 2 saturated carbocycles. The van der Waals surface area contributed by atoms with Crippen molar-refractivity contribution in [1.82, 2.24) is 5.32 Å². The van der Waals surface area contributed by atoms with E-state index in [0.717, 1.165) is 46.3 Å². The normalized spacial score (nSPS) is 22.2. The van der Waals surface area contributed by atoms with Gasteiger partial charge in [-0.1, -0.05) is 62.3 Å². The second-order valence-corrected chi connectivity index (χ2v) is 11.1. The van der Waals surface area contributed by atoms with Crippen LogP contribution >= 0.6 is 22.9 Å². The summed E-state index contributed by atoms with van der Waals surface area (Å²) < 4.78 is 0.754. The van der Waals surface area contributed by atoms with E-state index in [0.29, 0.717) is 12.0 Å². The summed E-state index contributed by atoms with van der Waals surface area (Å²) in [4.78, 5) is 15.1. The lowest BCUT2D eigenvalue weighted by atomic mass is 9.72. The van der Waals surface area contributed by atoms with Gasteiger partial charge >= 0.3 is 0 Å². The summed E-state index contributed by atoms with van der Waals surface area (Å²) in [7, 11) is 0. The molecule has 31 heavy (non-hydrogen) atoms. The Kier molecular flexibility index (Phi) is 6.16. The number of fused-ring (bicyclic) bond motifs is 1. The van der Waals surface area contributed by atoms with E-state index in [4.69, 9.17) is 11.6 Å². The molecule has 6 heteroatoms. The maximum absolute atomic E-state index is 14.0. The van der Waals surface area contributed by atoms with Gasteiger partial charge in [-0.05, 0) is 55.9 Å². The first-order chi connectivity index (χ1) is 15.2. The smallest absolute Gasteiger partial charge is 0.228 e. The van der Waals surface area contributed by atoms with Gasteiger partial charge in [-0.25, -0.2) is 0 Å². The molecule has 0 saturated heterocycles. The van der Waals surface area contributed by atoms with Crippen molar-refractivity contribution in [3.8, 4) is 0 Å². The molecule has 1 unspecified atom stereocenters. The van der Waals surface area contributed by atoms with Gasteiger partial charge in [0.1, 0.15) is 0 Å². The van der Waals surface area contributed by atoms with Crippen LogP contribution in [0.4, 0.5) is 11.4 Å². The van der Waals surface area contributed by atoms with Crippen LogP contribution in [-0.2, 0) is 10.5 Å². The number of thiophene rings is 1. The van der Waals surface area contributed by atoms with E-state index in [9.17, 15) is 4.79 Å². The lowest BCUT2D eigenvalue weighted by molar-refractivity contribution is -0.130. The number of anilines is 2. The Morgan fingerprint density at radius 3 is 2.13 bits per heavy atom. The lowest BCUT2D eigenvalue weighted by Gasteiger charge is -2.43. The Morgan fingerprint density at radius 1 is 0.935 bits per heavy atom. The van der Waals surface area contributed by atoms with Crippen LogP contribution in [-0.4, -0.2) is 11.9 Å². The van der Waals surface area contributed by atoms with Crippen molar-refractivity contribution in [3.63, 3.8) is 0 Å². The van der Waals surface area contributed by atoms with Gasteiger partial charge in [0, 0.05) is 6.04 Å². The molecule has 1 atom stereocenters. The molecule has 4 nitrogen and oxygen atoms in total. The van der Waals surface area contributed by atoms with E-state index in [-0.39, 0.29) is 11.8 Å². The zero-order chi connectivity index (χ0) is 21.3. The zero-order valence-corrected chi connectivity index (χ0v) is 19.5. The molecular weight excluding hydrogens is 426 g/mol. The summed E-state index contributed by atoms with van der Waals surface area (Å²) in [6, 6.07) is 12.6. The molecule has 0 radical (unpaired) electrons. The van der Waals surface area contributed by atoms with Crippen molar-refractivity contribution in [3.05, 3.63) is 45.6 Å². The molecule has 2 aliphatic carbocycles. The fraction of sp³-hybridized carbons (Fsp3) is 0.560. The van der Waals surface area contributed by atoms with Crippen LogP contribution in [0, 0.1) is 11.8 Å². The number of nitrogens with one attached hydrogen (secondary N) is 3. The molecule has 1 aromatic heterocycles. The standard InChI is InChI=1S/C25H32ClN3OS/c26-22-16-15-21(31-22)25(28-19-13-7-8-14-20(19)29-25)23(17-9-3-1-4-10-17)24(30)27-18-11-5-2-6-12-18/h7-8,13-18,23,28-29H,1-6,9-12H2,(H,27,30). The predicted molar refractivity (Wildman–Crippen MR) is 130 cm³/mol. The Hall–Kier alpha value is -1.72. The van der Waals surface area contributed by atoms with Crippen LogP contribution < -0.4 is 16.0 Å². The maximum atomic E-state index is 14.0. The second-order valence-electron chi connectivity index (χ2n) is 9.43. The third-order valence-electron chi connectivity index (χ3n) is 7.37. The van der Waals surface area contributed by atoms with E-state index in [2.05, 4.69) is 34.1 Å². The first kappa shape index (κ1) is 21.1. The van der Waals surface area contributed by atoms with E-state index >= 15 is 0 Å². The Balaban J connectivity index is 1.54. The van der Waals surface area contributed by atoms with Crippen LogP contribution in [0.1, 0.15) is 69.1 Å². The van der Waals surface area contributed by atoms with Crippen molar-refractivity contribution in [1.29, 1.82) is 0 Å². The molecule has 1 aromatic carbocycles. The van der Waals surface area contributed by atoms with Crippen molar-refractivity contribution in [2.24, 2.45) is 11.8 Å².